The summed E-state index contributed by atoms with van der Waals surface area (Å²) in [5, 5.41) is 0. The molecule has 21 heavy (non-hydrogen) atoms. The number of hydrogen-bond acceptors (Lipinski definition) is 4. The Bertz CT molecular complexity index is 571. The number of nitrogens with two attached hydrogens (primary N) is 1. The van der Waals surface area contributed by atoms with Gasteiger partial charge in [-0.25, -0.2) is 21.9 Å². The van der Waals surface area contributed by atoms with Crippen LogP contribution in [0.15, 0.2) is 17.0 Å². The first-order valence-corrected chi connectivity index (χ1v) is 9.21. The summed E-state index contributed by atoms with van der Waals surface area (Å²) in [7, 11) is -4.27. The van der Waals surface area contributed by atoms with Crippen molar-refractivity contribution in [3.05, 3.63) is 23.8 Å². The number of anilines is 1. The molecule has 0 amide bonds. The maximum absolute atomic E-state index is 13.7. The Morgan fingerprint density at radius 3 is 2.10 bits per heavy atom. The van der Waals surface area contributed by atoms with Crippen molar-refractivity contribution in [2.75, 3.05) is 18.5 Å². The van der Waals surface area contributed by atoms with Gasteiger partial charge in [0, 0.05) is 17.0 Å². The molecule has 1 aromatic rings. The second-order valence-corrected chi connectivity index (χ2v) is 7.71. The fourth-order valence-corrected chi connectivity index (χ4v) is 4.12. The van der Waals surface area contributed by atoms with E-state index in [0.29, 0.717) is 0 Å². The summed E-state index contributed by atoms with van der Waals surface area (Å²) in [5.41, 5.74) is 5.12. The number of nitrogens with one attached hydrogen (secondary N) is 1. The Morgan fingerprint density at radius 2 is 1.71 bits per heavy atom. The quantitative estimate of drug-likeness (QED) is 0.750. The standard InChI is InChI=1S/C13H20F2N2O2S2/c1-4-13(5-2,20-3)8-17-21(18,19)12-10(14)6-9(16)7-11(12)15/h6-7,17H,4-5,8,16H2,1-3H3. The highest BCUT2D eigenvalue weighted by Crippen LogP contribution is 2.30. The smallest absolute Gasteiger partial charge is 0.246 e. The molecule has 0 aliphatic rings. The molecule has 1 rings (SSSR count). The first-order valence-electron chi connectivity index (χ1n) is 6.50. The molecule has 8 heteroatoms. The van der Waals surface area contributed by atoms with E-state index in [-0.39, 0.29) is 17.0 Å². The van der Waals surface area contributed by atoms with Gasteiger partial charge in [-0.2, -0.15) is 11.8 Å². The zero-order valence-electron chi connectivity index (χ0n) is 12.2. The van der Waals surface area contributed by atoms with Crippen LogP contribution in [0.5, 0.6) is 0 Å². The first-order chi connectivity index (χ1) is 9.71. The SMILES string of the molecule is CCC(CC)(CNS(=O)(=O)c1c(F)cc(N)cc1F)SC. The normalized spacial score (nSPS) is 12.6. The second-order valence-electron chi connectivity index (χ2n) is 4.73. The molecule has 120 valence electrons. The fraction of sp³-hybridized carbons (Fsp3) is 0.538. The zero-order chi connectivity index (χ0) is 16.3. The van der Waals surface area contributed by atoms with Gasteiger partial charge in [-0.1, -0.05) is 13.8 Å². The van der Waals surface area contributed by atoms with Gasteiger partial charge in [-0.05, 0) is 31.2 Å². The van der Waals surface area contributed by atoms with Crippen molar-refractivity contribution in [1.29, 1.82) is 0 Å². The molecule has 0 fully saturated rings. The molecule has 0 unspecified atom stereocenters. The average molecular weight is 338 g/mol. The minimum absolute atomic E-state index is 0.104. The highest BCUT2D eigenvalue weighted by atomic mass is 32.2. The van der Waals surface area contributed by atoms with Gasteiger partial charge >= 0.3 is 0 Å². The van der Waals surface area contributed by atoms with Crippen LogP contribution in [0, 0.1) is 11.6 Å². The monoisotopic (exact) mass is 338 g/mol. The van der Waals surface area contributed by atoms with Gasteiger partial charge in [0.25, 0.3) is 0 Å². The van der Waals surface area contributed by atoms with Crippen LogP contribution in [0.2, 0.25) is 0 Å². The molecule has 0 bridgehead atoms. The number of thioether (sulfide) groups is 1. The van der Waals surface area contributed by atoms with Crippen molar-refractivity contribution in [2.45, 2.75) is 36.3 Å². The summed E-state index contributed by atoms with van der Waals surface area (Å²) in [6.07, 6.45) is 3.35. The highest BCUT2D eigenvalue weighted by molar-refractivity contribution is 8.00. The highest BCUT2D eigenvalue weighted by Gasteiger charge is 2.30. The summed E-state index contributed by atoms with van der Waals surface area (Å²) in [6, 6.07) is 1.58. The van der Waals surface area contributed by atoms with Crippen molar-refractivity contribution in [1.82, 2.24) is 4.72 Å². The molecule has 0 spiro atoms. The lowest BCUT2D eigenvalue weighted by Crippen LogP contribution is -2.40. The summed E-state index contributed by atoms with van der Waals surface area (Å²) in [6.45, 7) is 3.99. The van der Waals surface area contributed by atoms with E-state index in [1.54, 1.807) is 0 Å². The van der Waals surface area contributed by atoms with Crippen molar-refractivity contribution >= 4 is 27.5 Å². The molecule has 0 saturated carbocycles. The van der Waals surface area contributed by atoms with Crippen LogP contribution in [0.25, 0.3) is 0 Å². The first kappa shape index (κ1) is 18.2. The summed E-state index contributed by atoms with van der Waals surface area (Å²) >= 11 is 1.53. The maximum Gasteiger partial charge on any atom is 0.246 e. The molecule has 1 aromatic carbocycles. The molecule has 3 N–H and O–H groups in total. The van der Waals surface area contributed by atoms with Gasteiger partial charge < -0.3 is 5.73 Å². The third-order valence-electron chi connectivity index (χ3n) is 3.60. The van der Waals surface area contributed by atoms with Crippen LogP contribution < -0.4 is 10.5 Å². The Labute approximate surface area is 128 Å². The Morgan fingerprint density at radius 1 is 1.24 bits per heavy atom. The summed E-state index contributed by atoms with van der Waals surface area (Å²) in [4.78, 5) is -0.987. The number of nitrogen functional groups attached to an aromatic ring is 1. The van der Waals surface area contributed by atoms with Crippen molar-refractivity contribution in [3.63, 3.8) is 0 Å². The van der Waals surface area contributed by atoms with Crippen LogP contribution in [0.4, 0.5) is 14.5 Å². The van der Waals surface area contributed by atoms with Crippen molar-refractivity contribution < 1.29 is 17.2 Å². The number of sulfonamides is 1. The Hall–Kier alpha value is -0.860. The molecule has 0 aliphatic heterocycles. The Kier molecular flexibility index (Phi) is 6.01. The van der Waals surface area contributed by atoms with Gasteiger partial charge in [0.1, 0.15) is 11.6 Å². The predicted molar refractivity (Wildman–Crippen MR) is 82.8 cm³/mol. The van der Waals surface area contributed by atoms with E-state index in [2.05, 4.69) is 4.72 Å². The average Bonchev–Trinajstić information content (AvgIpc) is 2.39. The predicted octanol–water partition coefficient (Wildman–Crippen LogP) is 2.75. The van der Waals surface area contributed by atoms with E-state index in [1.165, 1.54) is 11.8 Å². The van der Waals surface area contributed by atoms with E-state index >= 15 is 0 Å². The lowest BCUT2D eigenvalue weighted by atomic mass is 10.0. The largest absolute Gasteiger partial charge is 0.399 e. The van der Waals surface area contributed by atoms with Gasteiger partial charge in [0.15, 0.2) is 4.90 Å². The summed E-state index contributed by atoms with van der Waals surface area (Å²) < 4.78 is 53.7. The van der Waals surface area contributed by atoms with Gasteiger partial charge in [-0.15, -0.1) is 0 Å². The molecule has 0 aromatic heterocycles. The lowest BCUT2D eigenvalue weighted by molar-refractivity contribution is 0.499. The molecule has 0 heterocycles. The number of halogens is 2. The Balaban J connectivity index is 3.09. The number of benzene rings is 1. The fourth-order valence-electron chi connectivity index (χ4n) is 2.00. The number of rotatable bonds is 7. The van der Waals surface area contributed by atoms with E-state index in [0.717, 1.165) is 25.0 Å². The van der Waals surface area contributed by atoms with Gasteiger partial charge in [0.2, 0.25) is 10.0 Å². The maximum atomic E-state index is 13.7. The zero-order valence-corrected chi connectivity index (χ0v) is 13.9. The molecule has 4 nitrogen and oxygen atoms in total. The van der Waals surface area contributed by atoms with E-state index < -0.39 is 26.6 Å². The number of hydrogen-bond donors (Lipinski definition) is 2. The van der Waals surface area contributed by atoms with Gasteiger partial charge in [-0.3, -0.25) is 0 Å². The van der Waals surface area contributed by atoms with Crippen LogP contribution in [0.1, 0.15) is 26.7 Å². The van der Waals surface area contributed by atoms with E-state index in [9.17, 15) is 17.2 Å². The topological polar surface area (TPSA) is 72.2 Å². The minimum atomic E-state index is -4.27. The third kappa shape index (κ3) is 4.08. The lowest BCUT2D eigenvalue weighted by Gasteiger charge is -2.29. The van der Waals surface area contributed by atoms with Crippen LogP contribution in [-0.2, 0) is 10.0 Å². The third-order valence-corrected chi connectivity index (χ3v) is 6.63. The van der Waals surface area contributed by atoms with Crippen LogP contribution in [0.3, 0.4) is 0 Å². The molecule has 0 saturated heterocycles. The van der Waals surface area contributed by atoms with Gasteiger partial charge in [0.05, 0.1) is 0 Å². The van der Waals surface area contributed by atoms with E-state index in [4.69, 9.17) is 5.73 Å². The molecular weight excluding hydrogens is 318 g/mol. The molecule has 0 atom stereocenters. The molecule has 0 radical (unpaired) electrons. The van der Waals surface area contributed by atoms with Crippen LogP contribution in [-0.4, -0.2) is 26.0 Å². The van der Waals surface area contributed by atoms with Crippen molar-refractivity contribution in [3.8, 4) is 0 Å². The second kappa shape index (κ2) is 6.93. The van der Waals surface area contributed by atoms with Crippen LogP contribution >= 0.6 is 11.8 Å². The molecule has 0 aliphatic carbocycles. The van der Waals surface area contributed by atoms with Crippen molar-refractivity contribution in [2.24, 2.45) is 0 Å². The minimum Gasteiger partial charge on any atom is -0.399 e. The molecular formula is C13H20F2N2O2S2. The summed E-state index contributed by atoms with van der Waals surface area (Å²) in [5.74, 6) is -2.38. The van der Waals surface area contributed by atoms with E-state index in [1.807, 2.05) is 20.1 Å².